The summed E-state index contributed by atoms with van der Waals surface area (Å²) in [7, 11) is 3.66. The Morgan fingerprint density at radius 2 is 1.58 bits per heavy atom. The third kappa shape index (κ3) is 5.87. The van der Waals surface area contributed by atoms with Crippen LogP contribution in [0.1, 0.15) is 30.7 Å². The van der Waals surface area contributed by atoms with Gasteiger partial charge in [-0.1, -0.05) is 30.3 Å². The maximum Gasteiger partial charge on any atom is 3.00 e. The van der Waals surface area contributed by atoms with E-state index in [0.29, 0.717) is 18.0 Å². The van der Waals surface area contributed by atoms with Crippen LogP contribution in [0.4, 0.5) is 0 Å². The second-order valence-electron chi connectivity index (χ2n) is 5.77. The van der Waals surface area contributed by atoms with Crippen LogP contribution in [0, 0.1) is 5.92 Å². The van der Waals surface area contributed by atoms with Gasteiger partial charge in [0.25, 0.3) is 0 Å². The molecule has 0 amide bonds. The zero-order valence-electron chi connectivity index (χ0n) is 14.9. The molecule has 6 nitrogen and oxygen atoms in total. The van der Waals surface area contributed by atoms with E-state index in [0.717, 1.165) is 12.8 Å². The summed E-state index contributed by atoms with van der Waals surface area (Å²) < 4.78 is 5.07. The van der Waals surface area contributed by atoms with E-state index in [2.05, 4.69) is 56.6 Å². The minimum Gasteiger partial charge on any atom is -0.545 e. The summed E-state index contributed by atoms with van der Waals surface area (Å²) in [5, 5.41) is 0. The molecule has 26 heavy (non-hydrogen) atoms. The average Bonchev–Trinajstić information content (AvgIpc) is 2.94. The molecule has 2 bridgehead atoms. The number of carbonyl (C=O) groups is 1. The summed E-state index contributed by atoms with van der Waals surface area (Å²) in [6.45, 7) is 9.75. The number of piperidine rings is 1. The molecular weight excluding hydrogens is 374 g/mol. The molecule has 0 N–H and O–H groups in total. The molecule has 2 saturated heterocycles. The van der Waals surface area contributed by atoms with Crippen molar-refractivity contribution in [2.24, 2.45) is 5.92 Å². The number of esters is 1. The molecule has 141 valence electrons. The first kappa shape index (κ1) is 26.4. The maximum absolute atomic E-state index is 12.2. The predicted molar refractivity (Wildman–Crippen MR) is 94.1 cm³/mol. The van der Waals surface area contributed by atoms with Gasteiger partial charge in [0.1, 0.15) is 0 Å². The van der Waals surface area contributed by atoms with Gasteiger partial charge in [-0.15, -0.1) is 0 Å². The van der Waals surface area contributed by atoms with E-state index >= 15 is 0 Å². The maximum atomic E-state index is 12.2. The Morgan fingerprint density at radius 1 is 1.04 bits per heavy atom. The molecule has 2 unspecified atom stereocenters. The van der Waals surface area contributed by atoms with Crippen molar-refractivity contribution >= 4 is 26.3 Å². The van der Waals surface area contributed by atoms with Crippen LogP contribution in [0.5, 0.6) is 0 Å². The number of carbonyl (C=O) groups excluding carboxylic acids is 4. The van der Waals surface area contributed by atoms with Gasteiger partial charge in [0, 0.05) is 18.0 Å². The summed E-state index contributed by atoms with van der Waals surface area (Å²) in [6, 6.07) is 11.4. The van der Waals surface area contributed by atoms with Crippen LogP contribution in [0.3, 0.4) is 0 Å². The molecule has 0 aromatic heterocycles. The van der Waals surface area contributed by atoms with E-state index in [1.165, 1.54) is 19.1 Å². The Hall–Kier alpha value is -1.81. The molecule has 2 aliphatic rings. The molecule has 2 fully saturated rings. The van der Waals surface area contributed by atoms with Crippen molar-refractivity contribution in [2.75, 3.05) is 14.2 Å². The third-order valence-electron chi connectivity index (χ3n) is 4.97. The number of fused-ring (bicyclic) bond motifs is 2. The number of hydrogen-bond acceptors (Lipinski definition) is 6. The smallest absolute Gasteiger partial charge is 0.545 e. The van der Waals surface area contributed by atoms with E-state index < -0.39 is 0 Å². The van der Waals surface area contributed by atoms with E-state index in [1.807, 2.05) is 6.07 Å². The fraction of sp³-hybridized carbons (Fsp3) is 0.474. The van der Waals surface area contributed by atoms with Gasteiger partial charge in [-0.3, -0.25) is 30.1 Å². The number of ether oxygens (including phenoxy) is 1. The Labute approximate surface area is 166 Å². The van der Waals surface area contributed by atoms with Crippen molar-refractivity contribution in [1.82, 2.24) is 4.90 Å². The van der Waals surface area contributed by atoms with Crippen LogP contribution >= 0.6 is 0 Å². The minimum atomic E-state index is -0.0500. The standard InChI is InChI=1S/C16H21NO2.3CHO.Cr/c1-17-12-8-9-14(17)15(16(18)19-2)13(10-12)11-6-4-3-5-7-11;3*1-2;/h3-7,12-15H,8-10H2,1-2H3;3*1H;/q;3*-1;+3/t12?,13-,14?,15+;;;;/m1..../s1. The summed E-state index contributed by atoms with van der Waals surface area (Å²) in [6.07, 6.45) is 3.39. The molecule has 7 heteroatoms. The minimum absolute atomic E-state index is 0. The quantitative estimate of drug-likeness (QED) is 0.428. The van der Waals surface area contributed by atoms with Gasteiger partial charge in [0.2, 0.25) is 0 Å². The van der Waals surface area contributed by atoms with Crippen LogP contribution in [0.15, 0.2) is 30.3 Å². The molecule has 0 spiro atoms. The van der Waals surface area contributed by atoms with Crippen LogP contribution < -0.4 is 0 Å². The Balaban J connectivity index is 0. The molecule has 2 aliphatic heterocycles. The fourth-order valence-corrected chi connectivity index (χ4v) is 3.97. The van der Waals surface area contributed by atoms with Crippen molar-refractivity contribution in [3.8, 4) is 0 Å². The van der Waals surface area contributed by atoms with Gasteiger partial charge < -0.3 is 19.1 Å². The zero-order valence-corrected chi connectivity index (χ0v) is 16.2. The first-order chi connectivity index (χ1) is 12.2. The molecule has 0 aliphatic carbocycles. The summed E-state index contributed by atoms with van der Waals surface area (Å²) >= 11 is 0. The number of rotatable bonds is 2. The topological polar surface area (TPSA) is 80.8 Å². The molecule has 4 atom stereocenters. The van der Waals surface area contributed by atoms with Crippen molar-refractivity contribution in [2.45, 2.75) is 37.3 Å². The number of methoxy groups -OCH3 is 1. The Kier molecular flexibility index (Phi) is 14.6. The van der Waals surface area contributed by atoms with Crippen LogP contribution in [-0.2, 0) is 41.3 Å². The van der Waals surface area contributed by atoms with E-state index in [-0.39, 0.29) is 29.2 Å². The summed E-state index contributed by atoms with van der Waals surface area (Å²) in [5.41, 5.74) is 1.28. The molecule has 0 saturated carbocycles. The van der Waals surface area contributed by atoms with Crippen molar-refractivity contribution < 1.29 is 41.3 Å². The molecule has 1 aromatic rings. The Bertz CT molecular complexity index is 511. The Morgan fingerprint density at radius 3 is 2.08 bits per heavy atom. The molecule has 1 aromatic carbocycles. The van der Waals surface area contributed by atoms with Crippen LogP contribution in [0.25, 0.3) is 0 Å². The average molecular weight is 398 g/mol. The molecule has 1 radical (unpaired) electrons. The number of nitrogens with zero attached hydrogens (tertiary/aromatic N) is 1. The van der Waals surface area contributed by atoms with Gasteiger partial charge in [0.15, 0.2) is 0 Å². The summed E-state index contributed by atoms with van der Waals surface area (Å²) in [5.74, 6) is 0.240. The number of hydrogen-bond donors (Lipinski definition) is 0. The van der Waals surface area contributed by atoms with Gasteiger partial charge in [0.05, 0.1) is 13.0 Å². The molecular formula is C19H24CrNO5. The largest absolute Gasteiger partial charge is 3.00 e. The zero-order chi connectivity index (χ0) is 19.4. The van der Waals surface area contributed by atoms with Crippen LogP contribution in [-0.4, -0.2) is 57.5 Å². The predicted octanol–water partition coefficient (Wildman–Crippen LogP) is 1.60. The van der Waals surface area contributed by atoms with E-state index in [4.69, 9.17) is 19.1 Å². The SMILES string of the molecule is COC(=O)[C@@H]1C2CCC(C[C@@H]1c1ccccc1)N2C.[CH-]=O.[CH-]=O.[CH-]=O.[Cr+3]. The fourth-order valence-electron chi connectivity index (χ4n) is 3.97. The van der Waals surface area contributed by atoms with Gasteiger partial charge in [-0.2, -0.15) is 0 Å². The van der Waals surface area contributed by atoms with E-state index in [9.17, 15) is 4.79 Å². The first-order valence-electron chi connectivity index (χ1n) is 7.77. The normalized spacial score (nSPS) is 25.5. The second-order valence-corrected chi connectivity index (χ2v) is 5.77. The van der Waals surface area contributed by atoms with E-state index in [1.54, 1.807) is 0 Å². The van der Waals surface area contributed by atoms with Gasteiger partial charge >= 0.3 is 23.3 Å². The van der Waals surface area contributed by atoms with Crippen molar-refractivity contribution in [3.63, 3.8) is 0 Å². The number of benzene rings is 1. The molecule has 3 rings (SSSR count). The van der Waals surface area contributed by atoms with Crippen molar-refractivity contribution in [3.05, 3.63) is 35.9 Å². The molecule has 2 heterocycles. The van der Waals surface area contributed by atoms with Crippen LogP contribution in [0.2, 0.25) is 0 Å². The second kappa shape index (κ2) is 14.4. The first-order valence-corrected chi connectivity index (χ1v) is 7.77. The monoisotopic (exact) mass is 398 g/mol. The van der Waals surface area contributed by atoms with Crippen molar-refractivity contribution in [1.29, 1.82) is 0 Å². The third-order valence-corrected chi connectivity index (χ3v) is 4.97. The van der Waals surface area contributed by atoms with Gasteiger partial charge in [-0.25, -0.2) is 0 Å². The van der Waals surface area contributed by atoms with Gasteiger partial charge in [-0.05, 0) is 31.9 Å². The summed E-state index contributed by atoms with van der Waals surface area (Å²) in [4.78, 5) is 37.9.